The standard InChI is InChI=1S/C13H16Br2N4O2/c14-9-1-2-10(11(15)7-9)13(20)19-5-3-18(4-6-19)8-12(16)17-21/h1-2,7,21H,3-6,8H2,(H2,16,17). The van der Waals surface area contributed by atoms with Crippen LogP contribution in [0.3, 0.4) is 0 Å². The second-order valence-electron chi connectivity index (χ2n) is 4.78. The predicted molar refractivity (Wildman–Crippen MR) is 87.6 cm³/mol. The second kappa shape index (κ2) is 7.24. The average molecular weight is 420 g/mol. The molecule has 0 aliphatic carbocycles. The van der Waals surface area contributed by atoms with E-state index in [2.05, 4.69) is 41.9 Å². The molecule has 21 heavy (non-hydrogen) atoms. The molecule has 1 fully saturated rings. The van der Waals surface area contributed by atoms with Crippen molar-refractivity contribution >= 4 is 43.6 Å². The van der Waals surface area contributed by atoms with E-state index in [1.807, 2.05) is 17.0 Å². The number of carbonyl (C=O) groups is 1. The molecule has 1 saturated heterocycles. The Morgan fingerprint density at radius 1 is 1.29 bits per heavy atom. The Morgan fingerprint density at radius 2 is 1.95 bits per heavy atom. The molecule has 1 aliphatic rings. The molecule has 1 amide bonds. The Hall–Kier alpha value is -1.12. The summed E-state index contributed by atoms with van der Waals surface area (Å²) >= 11 is 6.79. The summed E-state index contributed by atoms with van der Waals surface area (Å²) in [6.45, 7) is 3.08. The first-order valence-corrected chi connectivity index (χ1v) is 8.03. The minimum absolute atomic E-state index is 0.0119. The summed E-state index contributed by atoms with van der Waals surface area (Å²) in [4.78, 5) is 16.4. The lowest BCUT2D eigenvalue weighted by molar-refractivity contribution is 0.0652. The van der Waals surface area contributed by atoms with E-state index in [0.717, 1.165) is 8.95 Å². The van der Waals surface area contributed by atoms with Crippen molar-refractivity contribution in [2.24, 2.45) is 10.9 Å². The number of benzene rings is 1. The van der Waals surface area contributed by atoms with Crippen molar-refractivity contribution in [3.05, 3.63) is 32.7 Å². The number of halogens is 2. The van der Waals surface area contributed by atoms with Gasteiger partial charge in [-0.25, -0.2) is 0 Å². The molecule has 1 aromatic carbocycles. The quantitative estimate of drug-likeness (QED) is 0.338. The van der Waals surface area contributed by atoms with Crippen LogP contribution < -0.4 is 5.73 Å². The van der Waals surface area contributed by atoms with Crippen LogP contribution in [0.1, 0.15) is 10.4 Å². The molecule has 0 atom stereocenters. The zero-order valence-corrected chi connectivity index (χ0v) is 14.5. The Kier molecular flexibility index (Phi) is 5.60. The van der Waals surface area contributed by atoms with Gasteiger partial charge in [0, 0.05) is 35.1 Å². The summed E-state index contributed by atoms with van der Waals surface area (Å²) in [6, 6.07) is 5.52. The van der Waals surface area contributed by atoms with Gasteiger partial charge in [0.25, 0.3) is 5.91 Å². The van der Waals surface area contributed by atoms with Gasteiger partial charge in [-0.05, 0) is 34.1 Å². The van der Waals surface area contributed by atoms with Crippen LogP contribution in [0.4, 0.5) is 0 Å². The van der Waals surface area contributed by atoms with Gasteiger partial charge < -0.3 is 15.8 Å². The van der Waals surface area contributed by atoms with Gasteiger partial charge in [0.05, 0.1) is 12.1 Å². The summed E-state index contributed by atoms with van der Waals surface area (Å²) in [7, 11) is 0. The third kappa shape index (κ3) is 4.18. The number of amides is 1. The fourth-order valence-corrected chi connectivity index (χ4v) is 3.42. The minimum Gasteiger partial charge on any atom is -0.409 e. The van der Waals surface area contributed by atoms with Crippen LogP contribution in [0.15, 0.2) is 32.3 Å². The molecule has 0 aromatic heterocycles. The maximum absolute atomic E-state index is 12.5. The maximum Gasteiger partial charge on any atom is 0.255 e. The highest BCUT2D eigenvalue weighted by Gasteiger charge is 2.23. The largest absolute Gasteiger partial charge is 0.409 e. The Labute approximate surface area is 139 Å². The van der Waals surface area contributed by atoms with Gasteiger partial charge in [-0.15, -0.1) is 0 Å². The predicted octanol–water partition coefficient (Wildman–Crippen LogP) is 1.72. The van der Waals surface area contributed by atoms with E-state index in [1.165, 1.54) is 0 Å². The molecule has 0 bridgehead atoms. The molecule has 1 aliphatic heterocycles. The highest BCUT2D eigenvalue weighted by Crippen LogP contribution is 2.23. The highest BCUT2D eigenvalue weighted by molar-refractivity contribution is 9.11. The summed E-state index contributed by atoms with van der Waals surface area (Å²) in [5.74, 6) is 0.197. The smallest absolute Gasteiger partial charge is 0.255 e. The molecule has 0 saturated carbocycles. The lowest BCUT2D eigenvalue weighted by Crippen LogP contribution is -2.50. The van der Waals surface area contributed by atoms with Crippen LogP contribution in [0, 0.1) is 0 Å². The second-order valence-corrected chi connectivity index (χ2v) is 6.55. The zero-order valence-electron chi connectivity index (χ0n) is 11.3. The Balaban J connectivity index is 1.97. The number of piperazine rings is 1. The minimum atomic E-state index is 0.0119. The summed E-state index contributed by atoms with van der Waals surface area (Å²) in [5.41, 5.74) is 6.15. The zero-order chi connectivity index (χ0) is 15.4. The van der Waals surface area contributed by atoms with Crippen LogP contribution >= 0.6 is 31.9 Å². The summed E-state index contributed by atoms with van der Waals surface area (Å²) in [6.07, 6.45) is 0. The van der Waals surface area contributed by atoms with Gasteiger partial charge in [0.1, 0.15) is 0 Å². The van der Waals surface area contributed by atoms with Gasteiger partial charge in [-0.2, -0.15) is 0 Å². The number of carbonyl (C=O) groups excluding carboxylic acids is 1. The molecule has 0 unspecified atom stereocenters. The topological polar surface area (TPSA) is 82.2 Å². The van der Waals surface area contributed by atoms with E-state index in [1.54, 1.807) is 6.07 Å². The van der Waals surface area contributed by atoms with Crippen LogP contribution in [0.5, 0.6) is 0 Å². The van der Waals surface area contributed by atoms with E-state index in [-0.39, 0.29) is 11.7 Å². The van der Waals surface area contributed by atoms with E-state index < -0.39 is 0 Å². The monoisotopic (exact) mass is 418 g/mol. The number of amidine groups is 1. The normalized spacial score (nSPS) is 17.0. The van der Waals surface area contributed by atoms with Crippen molar-refractivity contribution in [2.45, 2.75) is 0 Å². The average Bonchev–Trinajstić information content (AvgIpc) is 2.47. The molecule has 6 nitrogen and oxygen atoms in total. The SMILES string of the molecule is N/C(CN1CCN(C(=O)c2ccc(Br)cc2Br)CC1)=N/O. The molecular weight excluding hydrogens is 404 g/mol. The number of hydrogen-bond donors (Lipinski definition) is 2. The van der Waals surface area contributed by atoms with E-state index in [4.69, 9.17) is 10.9 Å². The Morgan fingerprint density at radius 3 is 2.52 bits per heavy atom. The molecule has 3 N–H and O–H groups in total. The third-order valence-electron chi connectivity index (χ3n) is 3.34. The van der Waals surface area contributed by atoms with Gasteiger partial charge >= 0.3 is 0 Å². The molecule has 1 heterocycles. The number of nitrogens with two attached hydrogens (primary N) is 1. The molecule has 1 aromatic rings. The van der Waals surface area contributed by atoms with E-state index in [0.29, 0.717) is 38.3 Å². The lowest BCUT2D eigenvalue weighted by atomic mass is 10.2. The van der Waals surface area contributed by atoms with Gasteiger partial charge in [0.2, 0.25) is 0 Å². The van der Waals surface area contributed by atoms with Crippen LogP contribution in [-0.2, 0) is 0 Å². The van der Waals surface area contributed by atoms with E-state index in [9.17, 15) is 4.79 Å². The fourth-order valence-electron chi connectivity index (χ4n) is 2.20. The summed E-state index contributed by atoms with van der Waals surface area (Å²) < 4.78 is 1.70. The van der Waals surface area contributed by atoms with Crippen molar-refractivity contribution in [3.63, 3.8) is 0 Å². The van der Waals surface area contributed by atoms with Crippen molar-refractivity contribution in [3.8, 4) is 0 Å². The molecule has 0 radical (unpaired) electrons. The highest BCUT2D eigenvalue weighted by atomic mass is 79.9. The number of oxime groups is 1. The molecule has 2 rings (SSSR count). The number of rotatable bonds is 3. The van der Waals surface area contributed by atoms with Crippen LogP contribution in [0.25, 0.3) is 0 Å². The van der Waals surface area contributed by atoms with Crippen LogP contribution in [0.2, 0.25) is 0 Å². The van der Waals surface area contributed by atoms with Gasteiger partial charge in [-0.3, -0.25) is 9.69 Å². The van der Waals surface area contributed by atoms with Crippen molar-refractivity contribution in [1.29, 1.82) is 0 Å². The van der Waals surface area contributed by atoms with Crippen molar-refractivity contribution in [1.82, 2.24) is 9.80 Å². The summed E-state index contributed by atoms with van der Waals surface area (Å²) in [5, 5.41) is 11.5. The molecular formula is C13H16Br2N4O2. The van der Waals surface area contributed by atoms with Crippen molar-refractivity contribution in [2.75, 3.05) is 32.7 Å². The molecule has 8 heteroatoms. The van der Waals surface area contributed by atoms with Gasteiger partial charge in [0.15, 0.2) is 5.84 Å². The first-order chi connectivity index (χ1) is 10.0. The van der Waals surface area contributed by atoms with Crippen molar-refractivity contribution < 1.29 is 10.0 Å². The lowest BCUT2D eigenvalue weighted by Gasteiger charge is -2.34. The number of nitrogens with zero attached hydrogens (tertiary/aromatic N) is 3. The Bertz CT molecular complexity index is 557. The van der Waals surface area contributed by atoms with Gasteiger partial charge in [-0.1, -0.05) is 21.1 Å². The fraction of sp³-hybridized carbons (Fsp3) is 0.385. The first-order valence-electron chi connectivity index (χ1n) is 6.44. The maximum atomic E-state index is 12.5. The third-order valence-corrected chi connectivity index (χ3v) is 4.48. The molecule has 0 spiro atoms. The van der Waals surface area contributed by atoms with E-state index >= 15 is 0 Å². The molecule has 114 valence electrons. The number of hydrogen-bond acceptors (Lipinski definition) is 4. The first kappa shape index (κ1) is 16.3. The van der Waals surface area contributed by atoms with Crippen LogP contribution in [-0.4, -0.2) is 59.5 Å².